The van der Waals surface area contributed by atoms with Gasteiger partial charge in [0, 0.05) is 5.69 Å². The third-order valence-electron chi connectivity index (χ3n) is 4.36. The van der Waals surface area contributed by atoms with Gasteiger partial charge in [-0.2, -0.15) is 0 Å². The first-order valence-electron chi connectivity index (χ1n) is 9.22. The summed E-state index contributed by atoms with van der Waals surface area (Å²) in [7, 11) is 0. The molecule has 0 radical (unpaired) electrons. The highest BCUT2D eigenvalue weighted by Crippen LogP contribution is 2.33. The first-order chi connectivity index (χ1) is 15.4. The minimum absolute atomic E-state index is 0.00543. The van der Waals surface area contributed by atoms with Crippen LogP contribution in [0.15, 0.2) is 69.4 Å². The van der Waals surface area contributed by atoms with Crippen molar-refractivity contribution >= 4 is 45.5 Å². The lowest BCUT2D eigenvalue weighted by Crippen LogP contribution is -2.30. The number of hydrogen-bond acceptors (Lipinski definition) is 6. The van der Waals surface area contributed by atoms with Crippen LogP contribution in [0.4, 0.5) is 5.69 Å². The van der Waals surface area contributed by atoms with Gasteiger partial charge in [0.15, 0.2) is 21.9 Å². The quantitative estimate of drug-likeness (QED) is 0.440. The number of aromatic carboxylic acids is 1. The van der Waals surface area contributed by atoms with E-state index >= 15 is 0 Å². The van der Waals surface area contributed by atoms with E-state index in [1.165, 1.54) is 36.4 Å². The minimum Gasteiger partial charge on any atom is -0.478 e. The number of amides is 2. The smallest absolute Gasteiger partial charge is 0.335 e. The number of rotatable bonds is 6. The number of nitrogens with one attached hydrogen (secondary N) is 2. The van der Waals surface area contributed by atoms with Gasteiger partial charge >= 0.3 is 5.97 Å². The molecule has 9 nitrogen and oxygen atoms in total. The lowest BCUT2D eigenvalue weighted by molar-refractivity contribution is -0.113. The lowest BCUT2D eigenvalue weighted by Gasteiger charge is -2.11. The average Bonchev–Trinajstić information content (AvgIpc) is 3.41. The fourth-order valence-electron chi connectivity index (χ4n) is 2.88. The Morgan fingerprint density at radius 3 is 2.56 bits per heavy atom. The Morgan fingerprint density at radius 1 is 1.00 bits per heavy atom. The SMILES string of the molecule is O=C(Nc1cccc(C(=O)O)c1)/C(=C/c1ccc2c(c1)OCO2)NC(=O)c1ccc(Br)o1. The molecule has 0 spiro atoms. The summed E-state index contributed by atoms with van der Waals surface area (Å²) in [6.07, 6.45) is 1.45. The number of hydrogen-bond donors (Lipinski definition) is 3. The van der Waals surface area contributed by atoms with Gasteiger partial charge in [0.2, 0.25) is 6.79 Å². The number of fused-ring (bicyclic) bond motifs is 1. The van der Waals surface area contributed by atoms with Gasteiger partial charge in [0.1, 0.15) is 5.70 Å². The van der Waals surface area contributed by atoms with Crippen LogP contribution in [-0.2, 0) is 4.79 Å². The Labute approximate surface area is 189 Å². The van der Waals surface area contributed by atoms with Crippen LogP contribution < -0.4 is 20.1 Å². The molecule has 2 aromatic carbocycles. The first-order valence-corrected chi connectivity index (χ1v) is 10.0. The Balaban J connectivity index is 1.63. The van der Waals surface area contributed by atoms with Crippen molar-refractivity contribution in [2.45, 2.75) is 0 Å². The van der Waals surface area contributed by atoms with Crippen LogP contribution in [0.25, 0.3) is 6.08 Å². The van der Waals surface area contributed by atoms with E-state index in [1.807, 2.05) is 0 Å². The van der Waals surface area contributed by atoms with E-state index < -0.39 is 17.8 Å². The molecular formula is C22H15BrN2O7. The van der Waals surface area contributed by atoms with Crippen molar-refractivity contribution in [3.8, 4) is 11.5 Å². The zero-order valence-electron chi connectivity index (χ0n) is 16.3. The maximum Gasteiger partial charge on any atom is 0.335 e. The van der Waals surface area contributed by atoms with Crippen molar-refractivity contribution < 1.29 is 33.4 Å². The third-order valence-corrected chi connectivity index (χ3v) is 4.79. The molecule has 0 unspecified atom stereocenters. The zero-order chi connectivity index (χ0) is 22.7. The van der Waals surface area contributed by atoms with Crippen molar-refractivity contribution in [2.24, 2.45) is 0 Å². The number of carboxylic acid groups (broad SMARTS) is 1. The van der Waals surface area contributed by atoms with Crippen LogP contribution in [0, 0.1) is 0 Å². The highest BCUT2D eigenvalue weighted by Gasteiger charge is 2.19. The number of carbonyl (C=O) groups is 3. The van der Waals surface area contributed by atoms with Crippen molar-refractivity contribution in [3.05, 3.63) is 81.9 Å². The number of furan rings is 1. The van der Waals surface area contributed by atoms with Gasteiger partial charge in [-0.3, -0.25) is 9.59 Å². The average molecular weight is 499 g/mol. The van der Waals surface area contributed by atoms with Gasteiger partial charge in [-0.05, 0) is 70.0 Å². The van der Waals surface area contributed by atoms with E-state index in [9.17, 15) is 14.4 Å². The summed E-state index contributed by atoms with van der Waals surface area (Å²) in [6.45, 7) is 0.0971. The maximum absolute atomic E-state index is 13.0. The van der Waals surface area contributed by atoms with Crippen molar-refractivity contribution in [1.82, 2.24) is 5.32 Å². The highest BCUT2D eigenvalue weighted by molar-refractivity contribution is 9.10. The summed E-state index contributed by atoms with van der Waals surface area (Å²) in [4.78, 5) is 36.7. The second-order valence-electron chi connectivity index (χ2n) is 6.57. The van der Waals surface area contributed by atoms with Gasteiger partial charge in [-0.25, -0.2) is 4.79 Å². The van der Waals surface area contributed by atoms with Crippen molar-refractivity contribution in [2.75, 3.05) is 12.1 Å². The van der Waals surface area contributed by atoms with E-state index in [4.69, 9.17) is 19.0 Å². The largest absolute Gasteiger partial charge is 0.478 e. The summed E-state index contributed by atoms with van der Waals surface area (Å²) in [5.41, 5.74) is 0.733. The molecule has 162 valence electrons. The second-order valence-corrected chi connectivity index (χ2v) is 7.35. The van der Waals surface area contributed by atoms with Crippen LogP contribution >= 0.6 is 15.9 Å². The Hall–Kier alpha value is -4.05. The molecule has 1 aliphatic heterocycles. The third kappa shape index (κ3) is 4.81. The van der Waals surface area contributed by atoms with Crippen LogP contribution in [0.5, 0.6) is 11.5 Å². The Morgan fingerprint density at radius 2 is 1.81 bits per heavy atom. The molecule has 32 heavy (non-hydrogen) atoms. The van der Waals surface area contributed by atoms with Crippen LogP contribution in [0.2, 0.25) is 0 Å². The van der Waals surface area contributed by atoms with E-state index in [2.05, 4.69) is 26.6 Å². The molecule has 0 saturated carbocycles. The monoisotopic (exact) mass is 498 g/mol. The predicted octanol–water partition coefficient (Wildman–Crippen LogP) is 3.88. The summed E-state index contributed by atoms with van der Waals surface area (Å²) in [6, 6.07) is 13.8. The molecular weight excluding hydrogens is 484 g/mol. The van der Waals surface area contributed by atoms with Crippen LogP contribution in [0.1, 0.15) is 26.5 Å². The number of halogens is 1. The van der Waals surface area contributed by atoms with Gasteiger partial charge in [-0.15, -0.1) is 0 Å². The molecule has 3 aromatic rings. The lowest BCUT2D eigenvalue weighted by atomic mass is 10.1. The number of anilines is 1. The number of benzene rings is 2. The number of ether oxygens (including phenoxy) is 2. The standard InChI is InChI=1S/C22H15BrN2O7/c23-19-7-6-17(32-19)21(27)25-15(8-12-4-5-16-18(9-12)31-11-30-16)20(26)24-14-3-1-2-13(10-14)22(28)29/h1-10H,11H2,(H,24,26)(H,25,27)(H,28,29)/b15-8-. The van der Waals surface area contributed by atoms with Gasteiger partial charge in [0.25, 0.3) is 11.8 Å². The molecule has 10 heteroatoms. The molecule has 1 aliphatic rings. The molecule has 4 rings (SSSR count). The topological polar surface area (TPSA) is 127 Å². The molecule has 2 heterocycles. The molecule has 0 atom stereocenters. The normalized spacial score (nSPS) is 12.3. The molecule has 2 amide bonds. The van der Waals surface area contributed by atoms with E-state index in [1.54, 1.807) is 24.3 Å². The van der Waals surface area contributed by atoms with Gasteiger partial charge in [-0.1, -0.05) is 12.1 Å². The molecule has 3 N–H and O–H groups in total. The maximum atomic E-state index is 13.0. The van der Waals surface area contributed by atoms with E-state index in [0.717, 1.165) is 0 Å². The molecule has 1 aromatic heterocycles. The number of carboxylic acids is 1. The summed E-state index contributed by atoms with van der Waals surface area (Å²) < 4.78 is 16.2. The Bertz CT molecular complexity index is 1250. The van der Waals surface area contributed by atoms with E-state index in [-0.39, 0.29) is 29.5 Å². The van der Waals surface area contributed by atoms with E-state index in [0.29, 0.717) is 21.7 Å². The molecule has 0 saturated heterocycles. The second kappa shape index (κ2) is 8.98. The van der Waals surface area contributed by atoms with Crippen molar-refractivity contribution in [3.63, 3.8) is 0 Å². The summed E-state index contributed by atoms with van der Waals surface area (Å²) >= 11 is 3.13. The fraction of sp³-hybridized carbons (Fsp3) is 0.0455. The molecule has 0 bridgehead atoms. The zero-order valence-corrected chi connectivity index (χ0v) is 17.8. The predicted molar refractivity (Wildman–Crippen MR) is 116 cm³/mol. The van der Waals surface area contributed by atoms with Gasteiger partial charge < -0.3 is 29.6 Å². The summed E-state index contributed by atoms with van der Waals surface area (Å²) in [5.74, 6) is -1.36. The number of carbonyl (C=O) groups excluding carboxylic acids is 2. The van der Waals surface area contributed by atoms with Crippen LogP contribution in [0.3, 0.4) is 0 Å². The fourth-order valence-corrected chi connectivity index (χ4v) is 3.18. The van der Waals surface area contributed by atoms with Crippen LogP contribution in [-0.4, -0.2) is 29.7 Å². The first kappa shape index (κ1) is 21.2. The highest BCUT2D eigenvalue weighted by atomic mass is 79.9. The molecule has 0 aliphatic carbocycles. The van der Waals surface area contributed by atoms with Gasteiger partial charge in [0.05, 0.1) is 5.56 Å². The van der Waals surface area contributed by atoms with Crippen molar-refractivity contribution in [1.29, 1.82) is 0 Å². The molecule has 0 fully saturated rings. The minimum atomic E-state index is -1.13. The Kier molecular flexibility index (Phi) is 5.95. The summed E-state index contributed by atoms with van der Waals surface area (Å²) in [5, 5.41) is 14.3.